The van der Waals surface area contributed by atoms with E-state index in [1.807, 2.05) is 6.92 Å². The van der Waals surface area contributed by atoms with Crippen molar-refractivity contribution in [2.45, 2.75) is 13.3 Å². The van der Waals surface area contributed by atoms with Crippen molar-refractivity contribution in [1.82, 2.24) is 10.2 Å². The van der Waals surface area contributed by atoms with Crippen LogP contribution in [0.25, 0.3) is 0 Å². The Bertz CT molecular complexity index is 513. The summed E-state index contributed by atoms with van der Waals surface area (Å²) in [5, 5.41) is 11.2. The highest BCUT2D eigenvalue weighted by atomic mass is 16.4. The van der Waals surface area contributed by atoms with Crippen molar-refractivity contribution in [2.75, 3.05) is 25.4 Å². The number of aliphatic carboxylic acids is 1. The minimum atomic E-state index is -1.08. The number of carbonyl (C=O) groups is 3. The molecule has 0 radical (unpaired) electrons. The summed E-state index contributed by atoms with van der Waals surface area (Å²) in [5.41, 5.74) is 6.45. The summed E-state index contributed by atoms with van der Waals surface area (Å²) >= 11 is 0. The zero-order valence-corrected chi connectivity index (χ0v) is 11.8. The van der Waals surface area contributed by atoms with Crippen LogP contribution in [0.5, 0.6) is 0 Å². The molecule has 0 aromatic heterocycles. The Hall–Kier alpha value is -2.57. The molecule has 1 rings (SSSR count). The third kappa shape index (κ3) is 5.52. The molecule has 21 heavy (non-hydrogen) atoms. The number of carboxylic acids is 1. The van der Waals surface area contributed by atoms with Gasteiger partial charge in [-0.15, -0.1) is 0 Å². The SMILES string of the molecule is CCCN(CC(=O)O)C(=O)CNC(=O)c1ccc(N)cc1. The highest BCUT2D eigenvalue weighted by molar-refractivity contribution is 5.96. The van der Waals surface area contributed by atoms with Gasteiger partial charge in [0.25, 0.3) is 5.91 Å². The Morgan fingerprint density at radius 1 is 1.24 bits per heavy atom. The molecule has 1 aromatic carbocycles. The minimum absolute atomic E-state index is 0.240. The standard InChI is InChI=1S/C14H19N3O4/c1-2-7-17(9-13(19)20)12(18)8-16-14(21)10-3-5-11(15)6-4-10/h3-6H,2,7-9,15H2,1H3,(H,16,21)(H,19,20). The summed E-state index contributed by atoms with van der Waals surface area (Å²) in [4.78, 5) is 35.6. The second-order valence-corrected chi connectivity index (χ2v) is 4.51. The van der Waals surface area contributed by atoms with Gasteiger partial charge in [-0.3, -0.25) is 14.4 Å². The molecule has 1 aromatic rings. The monoisotopic (exact) mass is 293 g/mol. The number of carbonyl (C=O) groups excluding carboxylic acids is 2. The third-order valence-electron chi connectivity index (χ3n) is 2.75. The van der Waals surface area contributed by atoms with Crippen LogP contribution in [0.1, 0.15) is 23.7 Å². The normalized spacial score (nSPS) is 9.95. The number of nitrogen functional groups attached to an aromatic ring is 1. The van der Waals surface area contributed by atoms with E-state index in [0.29, 0.717) is 24.2 Å². The first-order valence-corrected chi connectivity index (χ1v) is 6.57. The van der Waals surface area contributed by atoms with Gasteiger partial charge in [-0.05, 0) is 30.7 Å². The molecule has 7 heteroatoms. The third-order valence-corrected chi connectivity index (χ3v) is 2.75. The number of nitrogens with one attached hydrogen (secondary N) is 1. The summed E-state index contributed by atoms with van der Waals surface area (Å²) in [6.45, 7) is 1.57. The zero-order valence-electron chi connectivity index (χ0n) is 11.8. The summed E-state index contributed by atoms with van der Waals surface area (Å²) < 4.78 is 0. The van der Waals surface area contributed by atoms with E-state index in [9.17, 15) is 14.4 Å². The quantitative estimate of drug-likeness (QED) is 0.627. The fourth-order valence-corrected chi connectivity index (χ4v) is 1.73. The predicted molar refractivity (Wildman–Crippen MR) is 77.7 cm³/mol. The second-order valence-electron chi connectivity index (χ2n) is 4.51. The zero-order chi connectivity index (χ0) is 15.8. The second kappa shape index (κ2) is 7.88. The number of hydrogen-bond donors (Lipinski definition) is 3. The first kappa shape index (κ1) is 16.5. The molecule has 0 aliphatic carbocycles. The molecule has 114 valence electrons. The van der Waals surface area contributed by atoms with Crippen LogP contribution < -0.4 is 11.1 Å². The van der Waals surface area contributed by atoms with Crippen molar-refractivity contribution >= 4 is 23.5 Å². The van der Waals surface area contributed by atoms with E-state index in [2.05, 4.69) is 5.32 Å². The Morgan fingerprint density at radius 3 is 2.38 bits per heavy atom. The van der Waals surface area contributed by atoms with E-state index in [1.54, 1.807) is 24.3 Å². The van der Waals surface area contributed by atoms with Gasteiger partial charge in [-0.2, -0.15) is 0 Å². The maximum Gasteiger partial charge on any atom is 0.323 e. The van der Waals surface area contributed by atoms with Gasteiger partial charge in [0, 0.05) is 17.8 Å². The molecule has 0 atom stereocenters. The Kier molecular flexibility index (Phi) is 6.19. The lowest BCUT2D eigenvalue weighted by Gasteiger charge is -2.20. The lowest BCUT2D eigenvalue weighted by molar-refractivity contribution is -0.144. The molecule has 0 fully saturated rings. The summed E-state index contributed by atoms with van der Waals surface area (Å²) in [6, 6.07) is 6.28. The molecule has 4 N–H and O–H groups in total. The van der Waals surface area contributed by atoms with Crippen LogP contribution in [0.2, 0.25) is 0 Å². The van der Waals surface area contributed by atoms with E-state index >= 15 is 0 Å². The molecule has 7 nitrogen and oxygen atoms in total. The van der Waals surface area contributed by atoms with E-state index in [-0.39, 0.29) is 13.1 Å². The van der Waals surface area contributed by atoms with E-state index in [4.69, 9.17) is 10.8 Å². The summed E-state index contributed by atoms with van der Waals surface area (Å²) in [5.74, 6) is -1.92. The Balaban J connectivity index is 2.55. The number of nitrogens with zero attached hydrogens (tertiary/aromatic N) is 1. The maximum absolute atomic E-state index is 11.9. The minimum Gasteiger partial charge on any atom is -0.480 e. The van der Waals surface area contributed by atoms with Gasteiger partial charge in [-0.1, -0.05) is 6.92 Å². The number of anilines is 1. The molecule has 0 heterocycles. The lowest BCUT2D eigenvalue weighted by atomic mass is 10.2. The van der Waals surface area contributed by atoms with Crippen LogP contribution in [-0.2, 0) is 9.59 Å². The first-order chi connectivity index (χ1) is 9.93. The number of hydrogen-bond acceptors (Lipinski definition) is 4. The van der Waals surface area contributed by atoms with Gasteiger partial charge in [0.15, 0.2) is 0 Å². The van der Waals surface area contributed by atoms with Crippen LogP contribution >= 0.6 is 0 Å². The van der Waals surface area contributed by atoms with Crippen LogP contribution in [0.3, 0.4) is 0 Å². The summed E-state index contributed by atoms with van der Waals surface area (Å²) in [7, 11) is 0. The first-order valence-electron chi connectivity index (χ1n) is 6.57. The Morgan fingerprint density at radius 2 is 1.86 bits per heavy atom. The summed E-state index contributed by atoms with van der Waals surface area (Å²) in [6.07, 6.45) is 0.644. The molecule has 0 saturated carbocycles. The number of benzene rings is 1. The predicted octanol–water partition coefficient (Wildman–Crippen LogP) is 0.322. The van der Waals surface area contributed by atoms with Gasteiger partial charge in [0.1, 0.15) is 6.54 Å². The molecule has 0 aliphatic rings. The lowest BCUT2D eigenvalue weighted by Crippen LogP contribution is -2.42. The fourth-order valence-electron chi connectivity index (χ4n) is 1.73. The maximum atomic E-state index is 11.9. The van der Waals surface area contributed by atoms with Gasteiger partial charge >= 0.3 is 5.97 Å². The average molecular weight is 293 g/mol. The fraction of sp³-hybridized carbons (Fsp3) is 0.357. The largest absolute Gasteiger partial charge is 0.480 e. The molecular formula is C14H19N3O4. The van der Waals surface area contributed by atoms with Gasteiger partial charge in [0.05, 0.1) is 6.54 Å². The van der Waals surface area contributed by atoms with E-state index in [1.165, 1.54) is 4.90 Å². The molecule has 0 bridgehead atoms. The molecule has 0 saturated heterocycles. The Labute approximate surface area is 122 Å². The van der Waals surface area contributed by atoms with Crippen molar-refractivity contribution < 1.29 is 19.5 Å². The highest BCUT2D eigenvalue weighted by Crippen LogP contribution is 2.05. The van der Waals surface area contributed by atoms with Gasteiger partial charge < -0.3 is 21.1 Å². The number of rotatable bonds is 7. The van der Waals surface area contributed by atoms with E-state index < -0.39 is 17.8 Å². The number of nitrogens with two attached hydrogens (primary N) is 1. The van der Waals surface area contributed by atoms with Gasteiger partial charge in [0.2, 0.25) is 5.91 Å². The average Bonchev–Trinajstić information content (AvgIpc) is 2.44. The van der Waals surface area contributed by atoms with Crippen LogP contribution in [0.4, 0.5) is 5.69 Å². The van der Waals surface area contributed by atoms with Crippen molar-refractivity contribution in [1.29, 1.82) is 0 Å². The molecule has 2 amide bonds. The van der Waals surface area contributed by atoms with Crippen molar-refractivity contribution in [3.63, 3.8) is 0 Å². The molecule has 0 spiro atoms. The number of carboxylic acid groups (broad SMARTS) is 1. The molecular weight excluding hydrogens is 274 g/mol. The van der Waals surface area contributed by atoms with Crippen LogP contribution in [0, 0.1) is 0 Å². The van der Waals surface area contributed by atoms with Gasteiger partial charge in [-0.25, -0.2) is 0 Å². The van der Waals surface area contributed by atoms with Crippen LogP contribution in [0.15, 0.2) is 24.3 Å². The smallest absolute Gasteiger partial charge is 0.323 e. The molecule has 0 unspecified atom stereocenters. The van der Waals surface area contributed by atoms with E-state index in [0.717, 1.165) is 0 Å². The highest BCUT2D eigenvalue weighted by Gasteiger charge is 2.16. The molecule has 0 aliphatic heterocycles. The number of amides is 2. The topological polar surface area (TPSA) is 113 Å². The van der Waals surface area contributed by atoms with Crippen molar-refractivity contribution in [2.24, 2.45) is 0 Å². The van der Waals surface area contributed by atoms with Crippen LogP contribution in [-0.4, -0.2) is 47.4 Å². The van der Waals surface area contributed by atoms with Crippen molar-refractivity contribution in [3.05, 3.63) is 29.8 Å². The van der Waals surface area contributed by atoms with Crippen molar-refractivity contribution in [3.8, 4) is 0 Å².